The van der Waals surface area contributed by atoms with Crippen LogP contribution in [0.2, 0.25) is 0 Å². The third-order valence-electron chi connectivity index (χ3n) is 0.272. The molecule has 64 valence electrons. The number of hydrogen-bond acceptors (Lipinski definition) is 6. The van der Waals surface area contributed by atoms with Gasteiger partial charge in [0.25, 0.3) is 0 Å². The molecule has 0 rings (SSSR count). The molecule has 0 bridgehead atoms. The van der Waals surface area contributed by atoms with Gasteiger partial charge in [-0.15, -0.1) is 0 Å². The van der Waals surface area contributed by atoms with Crippen LogP contribution in [-0.2, 0) is 50.6 Å². The van der Waals surface area contributed by atoms with Crippen LogP contribution in [0.5, 0.6) is 0 Å². The van der Waals surface area contributed by atoms with E-state index in [0.29, 0.717) is 0 Å². The van der Waals surface area contributed by atoms with Crippen molar-refractivity contribution in [3.63, 3.8) is 0 Å². The van der Waals surface area contributed by atoms with Gasteiger partial charge in [0.15, 0.2) is 0 Å². The van der Waals surface area contributed by atoms with Gasteiger partial charge in [-0.25, -0.2) is 8.42 Å². The number of rotatable bonds is 2. The van der Waals surface area contributed by atoms with Crippen molar-refractivity contribution < 1.29 is 45.4 Å². The summed E-state index contributed by atoms with van der Waals surface area (Å²) >= 11 is -4.65. The zero-order valence-corrected chi connectivity index (χ0v) is 10.6. The molecule has 2 atom stereocenters. The molecule has 0 aromatic rings. The molecule has 0 amide bonds. The smallest absolute Gasteiger partial charge is 0.750 e. The van der Waals surface area contributed by atoms with Crippen LogP contribution in [0.4, 0.5) is 0 Å². The van der Waals surface area contributed by atoms with Crippen LogP contribution < -0.4 is 0 Å². The molecule has 11 heavy (non-hydrogen) atoms. The van der Waals surface area contributed by atoms with Gasteiger partial charge in [0.2, 0.25) is 0 Å². The molecule has 0 aliphatic rings. The second-order valence-corrected chi connectivity index (χ2v) is 2.22. The summed E-state index contributed by atoms with van der Waals surface area (Å²) in [5.74, 6) is 0. The zero-order chi connectivity index (χ0) is 8.57. The molecule has 0 N–H and O–H groups in total. The Bertz CT molecular complexity index is 103. The van der Waals surface area contributed by atoms with E-state index in [-0.39, 0.29) is 19.5 Å². The van der Waals surface area contributed by atoms with E-state index in [4.69, 9.17) is 17.5 Å². The Morgan fingerprint density at radius 2 is 1.09 bits per heavy atom. The first kappa shape index (κ1) is 17.7. The summed E-state index contributed by atoms with van der Waals surface area (Å²) in [4.78, 5) is 0. The molecule has 0 radical (unpaired) electrons. The molecule has 0 fully saturated rings. The van der Waals surface area contributed by atoms with Crippen LogP contribution in [0.15, 0.2) is 0 Å². The van der Waals surface area contributed by atoms with E-state index in [1.165, 1.54) is 0 Å². The fourth-order valence-electron chi connectivity index (χ4n) is 0. The molecule has 0 saturated carbocycles. The summed E-state index contributed by atoms with van der Waals surface area (Å²) in [6, 6.07) is 0. The molecular weight excluding hydrogens is 250 g/mol. The van der Waals surface area contributed by atoms with E-state index in [1.54, 1.807) is 0 Å². The summed E-state index contributed by atoms with van der Waals surface area (Å²) in [5.41, 5.74) is 0. The van der Waals surface area contributed by atoms with E-state index in [9.17, 15) is 0 Å². The normalized spacial score (nSPS) is 13.5. The topological polar surface area (TPSA) is 98.7 Å². The molecule has 6 nitrogen and oxygen atoms in total. The summed E-state index contributed by atoms with van der Waals surface area (Å²) in [6.07, 6.45) is 0. The summed E-state index contributed by atoms with van der Waals surface area (Å²) < 4.78 is 43.9. The van der Waals surface area contributed by atoms with Gasteiger partial charge in [-0.05, 0) is 0 Å². The predicted octanol–water partition coefficient (Wildman–Crippen LogP) is -1.15. The monoisotopic (exact) mass is 254 g/mol. The maximum atomic E-state index is 9.15. The Kier molecular flexibility index (Phi) is 21.6. The van der Waals surface area contributed by atoms with Crippen molar-refractivity contribution in [2.24, 2.45) is 0 Å². The Hall–Kier alpha value is 0.763. The van der Waals surface area contributed by atoms with Gasteiger partial charge < -0.3 is 17.5 Å². The molecule has 9 heteroatoms. The average molecular weight is 256 g/mol. The van der Waals surface area contributed by atoms with Gasteiger partial charge in [-0.1, -0.05) is 0 Å². The average Bonchev–Trinajstić information content (AvgIpc) is 1.89. The van der Waals surface area contributed by atoms with Crippen LogP contribution in [0.1, 0.15) is 0 Å². The van der Waals surface area contributed by atoms with Crippen molar-refractivity contribution in [2.75, 3.05) is 14.2 Å². The molecular formula is C2H6O6S2Zn. The zero-order valence-electron chi connectivity index (χ0n) is 5.97. The fourth-order valence-corrected chi connectivity index (χ4v) is 0. The molecule has 0 spiro atoms. The van der Waals surface area contributed by atoms with Crippen LogP contribution >= 0.6 is 0 Å². The van der Waals surface area contributed by atoms with Crippen molar-refractivity contribution in [1.82, 2.24) is 0 Å². The van der Waals surface area contributed by atoms with Crippen LogP contribution in [0.25, 0.3) is 0 Å². The molecule has 0 aromatic carbocycles. The summed E-state index contributed by atoms with van der Waals surface area (Å²) in [7, 11) is 2.17. The van der Waals surface area contributed by atoms with Crippen molar-refractivity contribution in [3.8, 4) is 0 Å². The van der Waals surface area contributed by atoms with Gasteiger partial charge >= 0.3 is 19.5 Å². The minimum Gasteiger partial charge on any atom is -0.750 e. The van der Waals surface area contributed by atoms with Crippen LogP contribution in [0.3, 0.4) is 0 Å². The number of hydrogen-bond donors (Lipinski definition) is 0. The minimum absolute atomic E-state index is 0. The third-order valence-corrected chi connectivity index (χ3v) is 0.816. The molecule has 0 heterocycles. The van der Waals surface area contributed by atoms with E-state index < -0.39 is 22.7 Å². The van der Waals surface area contributed by atoms with Crippen LogP contribution in [0, 0.1) is 0 Å². The van der Waals surface area contributed by atoms with Crippen molar-refractivity contribution >= 4 is 22.7 Å². The Balaban J connectivity index is -0.000000107. The molecule has 2 unspecified atom stereocenters. The molecule has 0 aliphatic carbocycles. The van der Waals surface area contributed by atoms with Gasteiger partial charge in [-0.3, -0.25) is 0 Å². The molecule has 0 aromatic heterocycles. The van der Waals surface area contributed by atoms with Gasteiger partial charge in [0.05, 0.1) is 36.9 Å². The van der Waals surface area contributed by atoms with E-state index in [1.807, 2.05) is 0 Å². The van der Waals surface area contributed by atoms with Gasteiger partial charge in [-0.2, -0.15) is 0 Å². The van der Waals surface area contributed by atoms with Crippen molar-refractivity contribution in [1.29, 1.82) is 0 Å². The quantitative estimate of drug-likeness (QED) is 0.456. The predicted molar refractivity (Wildman–Crippen MR) is 31.9 cm³/mol. The first-order valence-corrected chi connectivity index (χ1v) is 3.82. The SMILES string of the molecule is COS(=O)[O-].COS(=O)[O-].[Zn+2]. The van der Waals surface area contributed by atoms with Gasteiger partial charge in [0.1, 0.15) is 0 Å². The first-order valence-electron chi connectivity index (χ1n) is 1.82. The molecule has 0 saturated heterocycles. The third kappa shape index (κ3) is 36.4. The molecule has 0 aliphatic heterocycles. The fraction of sp³-hybridized carbons (Fsp3) is 1.00. The van der Waals surface area contributed by atoms with Crippen LogP contribution in [-0.4, -0.2) is 31.7 Å². The van der Waals surface area contributed by atoms with E-state index in [0.717, 1.165) is 14.2 Å². The Labute approximate surface area is 82.4 Å². The Morgan fingerprint density at radius 3 is 1.09 bits per heavy atom. The maximum Gasteiger partial charge on any atom is 2.00 e. The van der Waals surface area contributed by atoms with E-state index >= 15 is 0 Å². The van der Waals surface area contributed by atoms with Crippen molar-refractivity contribution in [3.05, 3.63) is 0 Å². The minimum atomic E-state index is -2.32. The maximum absolute atomic E-state index is 9.15. The summed E-state index contributed by atoms with van der Waals surface area (Å²) in [6.45, 7) is 0. The van der Waals surface area contributed by atoms with Gasteiger partial charge in [0, 0.05) is 0 Å². The second kappa shape index (κ2) is 13.4. The van der Waals surface area contributed by atoms with Crippen molar-refractivity contribution in [2.45, 2.75) is 0 Å². The van der Waals surface area contributed by atoms with E-state index in [2.05, 4.69) is 8.37 Å². The first-order chi connectivity index (χ1) is 4.54. The Morgan fingerprint density at radius 1 is 1.00 bits per heavy atom. The second-order valence-electron chi connectivity index (χ2n) is 0.742. The largest absolute Gasteiger partial charge is 2.00 e. The standard InChI is InChI=1S/2CH4O3S.Zn/c2*1-4-5(2)3;/h2*1H3,(H,2,3);/q;;+2/p-2. The summed E-state index contributed by atoms with van der Waals surface area (Å²) in [5, 5.41) is 0.